The molecule has 2 aromatic carbocycles. The summed E-state index contributed by atoms with van der Waals surface area (Å²) in [6, 6.07) is 15.7. The number of fused-ring (bicyclic) bond motifs is 1. The van der Waals surface area contributed by atoms with E-state index in [1.807, 2.05) is 42.5 Å². The lowest BCUT2D eigenvalue weighted by Crippen LogP contribution is -2.09. The van der Waals surface area contributed by atoms with Gasteiger partial charge in [-0.05, 0) is 16.7 Å². The Bertz CT molecular complexity index is 748. The molecule has 4 heteroatoms. The van der Waals surface area contributed by atoms with Crippen LogP contribution in [0.2, 0.25) is 0 Å². The van der Waals surface area contributed by atoms with Crippen molar-refractivity contribution in [1.29, 1.82) is 0 Å². The van der Waals surface area contributed by atoms with Crippen LogP contribution in [0.4, 0.5) is 0 Å². The fraction of sp³-hybridized carbons (Fsp3) is 0.118. The van der Waals surface area contributed by atoms with E-state index < -0.39 is 5.97 Å². The van der Waals surface area contributed by atoms with Gasteiger partial charge in [-0.15, -0.1) is 0 Å². The van der Waals surface area contributed by atoms with E-state index in [1.165, 1.54) is 6.92 Å². The Kier molecular flexibility index (Phi) is 3.36. The Morgan fingerprint density at radius 3 is 2.57 bits per heavy atom. The molecule has 0 atom stereocenters. The molecule has 1 aliphatic carbocycles. The van der Waals surface area contributed by atoms with Crippen molar-refractivity contribution in [2.45, 2.75) is 13.3 Å². The Balaban J connectivity index is 1.94. The molecule has 0 aromatic heterocycles. The molecule has 21 heavy (non-hydrogen) atoms. The van der Waals surface area contributed by atoms with E-state index in [9.17, 15) is 9.59 Å². The highest BCUT2D eigenvalue weighted by molar-refractivity contribution is 6.49. The number of benzene rings is 2. The zero-order chi connectivity index (χ0) is 14.8. The molecule has 0 amide bonds. The summed E-state index contributed by atoms with van der Waals surface area (Å²) in [7, 11) is 0. The summed E-state index contributed by atoms with van der Waals surface area (Å²) in [5.74, 6) is -0.706. The van der Waals surface area contributed by atoms with Gasteiger partial charge in [-0.1, -0.05) is 53.7 Å². The normalized spacial score (nSPS) is 15.1. The molecular formula is C17H13NO3. The summed E-state index contributed by atoms with van der Waals surface area (Å²) in [6.45, 7) is 1.25. The summed E-state index contributed by atoms with van der Waals surface area (Å²) in [5.41, 5.74) is 3.95. The SMILES string of the molecule is CC(=O)O/N=C1/Cc2cc(-c3ccccc3)ccc2C1=O. The quantitative estimate of drug-likeness (QED) is 0.627. The maximum absolute atomic E-state index is 12.1. The van der Waals surface area contributed by atoms with E-state index in [4.69, 9.17) is 0 Å². The van der Waals surface area contributed by atoms with Crippen molar-refractivity contribution in [3.8, 4) is 11.1 Å². The molecule has 4 nitrogen and oxygen atoms in total. The van der Waals surface area contributed by atoms with Crippen molar-refractivity contribution in [2.24, 2.45) is 5.16 Å². The number of hydrogen-bond acceptors (Lipinski definition) is 4. The van der Waals surface area contributed by atoms with Crippen LogP contribution >= 0.6 is 0 Å². The fourth-order valence-corrected chi connectivity index (χ4v) is 2.38. The van der Waals surface area contributed by atoms with E-state index >= 15 is 0 Å². The van der Waals surface area contributed by atoms with Gasteiger partial charge in [0.05, 0.1) is 0 Å². The van der Waals surface area contributed by atoms with Gasteiger partial charge < -0.3 is 4.84 Å². The topological polar surface area (TPSA) is 55.7 Å². The number of carbonyl (C=O) groups is 2. The minimum atomic E-state index is -0.531. The maximum atomic E-state index is 12.1. The van der Waals surface area contributed by atoms with Crippen LogP contribution in [0.3, 0.4) is 0 Å². The monoisotopic (exact) mass is 279 g/mol. The molecule has 0 N–H and O–H groups in total. The number of oxime groups is 1. The minimum absolute atomic E-state index is 0.175. The van der Waals surface area contributed by atoms with Crippen LogP contribution in [0, 0.1) is 0 Å². The van der Waals surface area contributed by atoms with Crippen LogP contribution in [-0.4, -0.2) is 17.5 Å². The first-order chi connectivity index (χ1) is 10.1. The van der Waals surface area contributed by atoms with Gasteiger partial charge in [-0.2, -0.15) is 0 Å². The van der Waals surface area contributed by atoms with E-state index in [2.05, 4.69) is 9.99 Å². The summed E-state index contributed by atoms with van der Waals surface area (Å²) in [4.78, 5) is 27.5. The highest BCUT2D eigenvalue weighted by Gasteiger charge is 2.27. The second-order valence-electron chi connectivity index (χ2n) is 4.86. The van der Waals surface area contributed by atoms with Crippen LogP contribution in [0.25, 0.3) is 11.1 Å². The smallest absolute Gasteiger partial charge is 0.318 e. The second kappa shape index (κ2) is 5.32. The molecule has 0 bridgehead atoms. The third-order valence-corrected chi connectivity index (χ3v) is 3.36. The number of carbonyl (C=O) groups excluding carboxylic acids is 2. The van der Waals surface area contributed by atoms with Gasteiger partial charge in [0.15, 0.2) is 0 Å². The van der Waals surface area contributed by atoms with Crippen molar-refractivity contribution in [1.82, 2.24) is 0 Å². The van der Waals surface area contributed by atoms with E-state index in [0.717, 1.165) is 16.7 Å². The van der Waals surface area contributed by atoms with Gasteiger partial charge in [0.2, 0.25) is 5.78 Å². The molecule has 0 heterocycles. The average Bonchev–Trinajstić information content (AvgIpc) is 2.82. The van der Waals surface area contributed by atoms with Gasteiger partial charge in [-0.25, -0.2) is 4.79 Å². The highest BCUT2D eigenvalue weighted by Crippen LogP contribution is 2.27. The molecule has 0 unspecified atom stereocenters. The number of rotatable bonds is 2. The minimum Gasteiger partial charge on any atom is -0.318 e. The molecule has 0 spiro atoms. The van der Waals surface area contributed by atoms with Gasteiger partial charge in [0.25, 0.3) is 0 Å². The second-order valence-corrected chi connectivity index (χ2v) is 4.86. The van der Waals surface area contributed by atoms with E-state index in [-0.39, 0.29) is 11.5 Å². The van der Waals surface area contributed by atoms with Gasteiger partial charge >= 0.3 is 5.97 Å². The van der Waals surface area contributed by atoms with Crippen LogP contribution < -0.4 is 0 Å². The molecule has 3 rings (SSSR count). The summed E-state index contributed by atoms with van der Waals surface area (Å²) in [6.07, 6.45) is 0.391. The Hall–Kier alpha value is -2.75. The summed E-state index contributed by atoms with van der Waals surface area (Å²) in [5, 5.41) is 3.64. The molecule has 0 radical (unpaired) electrons. The number of Topliss-reactive ketones (excluding diaryl/α,β-unsaturated/α-hetero) is 1. The van der Waals surface area contributed by atoms with Crippen LogP contribution in [-0.2, 0) is 16.1 Å². The molecule has 0 aliphatic heterocycles. The molecule has 0 saturated heterocycles. The predicted molar refractivity (Wildman–Crippen MR) is 79.1 cm³/mol. The van der Waals surface area contributed by atoms with Gasteiger partial charge in [0, 0.05) is 18.9 Å². The van der Waals surface area contributed by atoms with Gasteiger partial charge in [-0.3, -0.25) is 4.79 Å². The Morgan fingerprint density at radius 1 is 1.10 bits per heavy atom. The zero-order valence-corrected chi connectivity index (χ0v) is 11.5. The van der Waals surface area contributed by atoms with Crippen molar-refractivity contribution < 1.29 is 14.4 Å². The molecular weight excluding hydrogens is 266 g/mol. The lowest BCUT2D eigenvalue weighted by atomic mass is 10.0. The van der Waals surface area contributed by atoms with Gasteiger partial charge in [0.1, 0.15) is 5.71 Å². The zero-order valence-electron chi connectivity index (χ0n) is 11.5. The summed E-state index contributed by atoms with van der Waals surface area (Å²) < 4.78 is 0. The number of nitrogens with zero attached hydrogens (tertiary/aromatic N) is 1. The number of hydrogen-bond donors (Lipinski definition) is 0. The Morgan fingerprint density at radius 2 is 1.86 bits per heavy atom. The molecule has 2 aromatic rings. The highest BCUT2D eigenvalue weighted by atomic mass is 16.7. The number of ketones is 1. The fourth-order valence-electron chi connectivity index (χ4n) is 2.38. The first-order valence-corrected chi connectivity index (χ1v) is 6.62. The van der Waals surface area contributed by atoms with Crippen molar-refractivity contribution in [3.63, 3.8) is 0 Å². The van der Waals surface area contributed by atoms with Crippen LogP contribution in [0.1, 0.15) is 22.8 Å². The van der Waals surface area contributed by atoms with E-state index in [0.29, 0.717) is 12.0 Å². The molecule has 104 valence electrons. The third kappa shape index (κ3) is 2.60. The molecule has 1 aliphatic rings. The van der Waals surface area contributed by atoms with Crippen molar-refractivity contribution in [3.05, 3.63) is 59.7 Å². The molecule has 0 saturated carbocycles. The van der Waals surface area contributed by atoms with Crippen LogP contribution in [0.15, 0.2) is 53.7 Å². The molecule has 0 fully saturated rings. The largest absolute Gasteiger partial charge is 0.331 e. The average molecular weight is 279 g/mol. The maximum Gasteiger partial charge on any atom is 0.331 e. The first kappa shape index (κ1) is 13.2. The van der Waals surface area contributed by atoms with Crippen molar-refractivity contribution >= 4 is 17.5 Å². The predicted octanol–water partition coefficient (Wildman–Crippen LogP) is 3.01. The third-order valence-electron chi connectivity index (χ3n) is 3.36. The lowest BCUT2D eigenvalue weighted by Gasteiger charge is -2.03. The standard InChI is InChI=1S/C17H13NO3/c1-11(19)21-18-16-10-14-9-13(7-8-15(14)17(16)20)12-5-3-2-4-6-12/h2-9H,10H2,1H3/b18-16-. The van der Waals surface area contributed by atoms with Crippen molar-refractivity contribution in [2.75, 3.05) is 0 Å². The first-order valence-electron chi connectivity index (χ1n) is 6.62. The van der Waals surface area contributed by atoms with Crippen LogP contribution in [0.5, 0.6) is 0 Å². The summed E-state index contributed by atoms with van der Waals surface area (Å²) >= 11 is 0. The van der Waals surface area contributed by atoms with E-state index in [1.54, 1.807) is 6.07 Å². The lowest BCUT2D eigenvalue weighted by molar-refractivity contribution is -0.140. The Labute approximate surface area is 122 Å².